The molecule has 1 aliphatic heterocycles. The van der Waals surface area contributed by atoms with Gasteiger partial charge in [-0.05, 0) is 41.4 Å². The monoisotopic (exact) mass is 652 g/mol. The SMILES string of the molecule is COC(CNNC(=O)[C@@]1(Cc2ccccc2N=[N+]=[N-])N=C(c2ccc(OCCCO)cc2)O[C@H]1c1ccccc1Br)OC. The fourth-order valence-corrected chi connectivity index (χ4v) is 5.12. The predicted molar refractivity (Wildman–Crippen MR) is 164 cm³/mol. The molecule has 13 heteroatoms. The number of hydrogen-bond donors (Lipinski definition) is 3. The van der Waals surface area contributed by atoms with Gasteiger partial charge in [-0.2, -0.15) is 0 Å². The molecular weight excluding hydrogens is 620 g/mol. The van der Waals surface area contributed by atoms with Gasteiger partial charge < -0.3 is 24.1 Å². The smallest absolute Gasteiger partial charge is 0.266 e. The summed E-state index contributed by atoms with van der Waals surface area (Å²) >= 11 is 3.63. The van der Waals surface area contributed by atoms with E-state index in [9.17, 15) is 10.3 Å². The lowest BCUT2D eigenvalue weighted by Gasteiger charge is -2.31. The minimum atomic E-state index is -1.54. The number of ether oxygens (including phenoxy) is 4. The van der Waals surface area contributed by atoms with E-state index in [1.54, 1.807) is 48.5 Å². The highest BCUT2D eigenvalue weighted by Gasteiger charge is 2.54. The van der Waals surface area contributed by atoms with E-state index in [0.717, 1.165) is 4.47 Å². The van der Waals surface area contributed by atoms with Crippen LogP contribution in [0.1, 0.15) is 29.2 Å². The molecule has 0 spiro atoms. The number of carbonyl (C=O) groups excluding carboxylic acids is 1. The number of aliphatic imine (C=N–C) groups is 1. The molecule has 0 aromatic heterocycles. The first-order valence-electron chi connectivity index (χ1n) is 13.5. The molecule has 0 unspecified atom stereocenters. The largest absolute Gasteiger partial charge is 0.494 e. The lowest BCUT2D eigenvalue weighted by molar-refractivity contribution is -0.131. The van der Waals surface area contributed by atoms with E-state index in [1.165, 1.54) is 14.2 Å². The second-order valence-electron chi connectivity index (χ2n) is 9.54. The molecule has 0 bridgehead atoms. The second kappa shape index (κ2) is 15.5. The summed E-state index contributed by atoms with van der Waals surface area (Å²) in [7, 11) is 3.00. The van der Waals surface area contributed by atoms with Gasteiger partial charge in [0, 0.05) is 59.9 Å². The van der Waals surface area contributed by atoms with Crippen LogP contribution in [0, 0.1) is 0 Å². The van der Waals surface area contributed by atoms with Gasteiger partial charge in [0.1, 0.15) is 5.75 Å². The highest BCUT2D eigenvalue weighted by molar-refractivity contribution is 9.10. The molecule has 2 atom stereocenters. The molecule has 0 aliphatic carbocycles. The van der Waals surface area contributed by atoms with Crippen LogP contribution >= 0.6 is 15.9 Å². The van der Waals surface area contributed by atoms with E-state index < -0.39 is 23.8 Å². The number of hydrogen-bond acceptors (Lipinski definition) is 9. The number of halogens is 1. The summed E-state index contributed by atoms with van der Waals surface area (Å²) in [6.45, 7) is 0.586. The number of aliphatic hydroxyl groups is 1. The van der Waals surface area contributed by atoms with Gasteiger partial charge in [-0.3, -0.25) is 10.2 Å². The molecule has 0 fully saturated rings. The van der Waals surface area contributed by atoms with Gasteiger partial charge in [-0.25, -0.2) is 10.4 Å². The molecule has 43 heavy (non-hydrogen) atoms. The summed E-state index contributed by atoms with van der Waals surface area (Å²) in [6, 6.07) is 21.7. The van der Waals surface area contributed by atoms with Crippen molar-refractivity contribution >= 4 is 33.4 Å². The Kier molecular flexibility index (Phi) is 11.5. The Bertz CT molecular complexity index is 1460. The van der Waals surface area contributed by atoms with Crippen molar-refractivity contribution in [3.63, 3.8) is 0 Å². The van der Waals surface area contributed by atoms with Crippen LogP contribution in [-0.4, -0.2) is 62.7 Å². The number of nitrogens with one attached hydrogen (secondary N) is 2. The lowest BCUT2D eigenvalue weighted by Crippen LogP contribution is -2.55. The fraction of sp³-hybridized carbons (Fsp3) is 0.333. The zero-order chi connectivity index (χ0) is 30.7. The minimum absolute atomic E-state index is 0.0402. The molecule has 3 N–H and O–H groups in total. The molecule has 226 valence electrons. The summed E-state index contributed by atoms with van der Waals surface area (Å²) in [5, 5.41) is 12.9. The summed E-state index contributed by atoms with van der Waals surface area (Å²) in [6.07, 6.45) is -0.909. The minimum Gasteiger partial charge on any atom is -0.494 e. The second-order valence-corrected chi connectivity index (χ2v) is 10.4. The fourth-order valence-electron chi connectivity index (χ4n) is 4.63. The number of methoxy groups -OCH3 is 2. The van der Waals surface area contributed by atoms with Crippen LogP contribution in [0.4, 0.5) is 5.69 Å². The van der Waals surface area contributed by atoms with Crippen LogP contribution < -0.4 is 15.6 Å². The van der Waals surface area contributed by atoms with E-state index in [4.69, 9.17) is 29.0 Å². The van der Waals surface area contributed by atoms with Crippen LogP contribution in [0.3, 0.4) is 0 Å². The maximum atomic E-state index is 14.3. The number of aliphatic hydroxyl groups excluding tert-OH is 1. The van der Waals surface area contributed by atoms with Crippen molar-refractivity contribution in [2.24, 2.45) is 10.1 Å². The first kappa shape index (κ1) is 32.0. The van der Waals surface area contributed by atoms with Gasteiger partial charge in [0.05, 0.1) is 13.2 Å². The number of carbonyl (C=O) groups is 1. The molecule has 0 saturated heterocycles. The summed E-state index contributed by atoms with van der Waals surface area (Å²) in [5.74, 6) is 0.403. The third kappa shape index (κ3) is 7.71. The van der Waals surface area contributed by atoms with E-state index in [1.807, 2.05) is 24.3 Å². The van der Waals surface area contributed by atoms with Crippen LogP contribution in [0.25, 0.3) is 10.4 Å². The van der Waals surface area contributed by atoms with Crippen molar-refractivity contribution in [1.29, 1.82) is 0 Å². The molecule has 1 aliphatic rings. The van der Waals surface area contributed by atoms with Gasteiger partial charge in [0.25, 0.3) is 5.91 Å². The van der Waals surface area contributed by atoms with Gasteiger partial charge >= 0.3 is 0 Å². The number of benzene rings is 3. The Morgan fingerprint density at radius 2 is 1.86 bits per heavy atom. The first-order valence-corrected chi connectivity index (χ1v) is 14.3. The van der Waals surface area contributed by atoms with Crippen molar-refractivity contribution in [2.75, 3.05) is 34.0 Å². The number of rotatable bonds is 15. The number of amides is 1. The molecule has 1 heterocycles. The lowest BCUT2D eigenvalue weighted by atomic mass is 9.81. The van der Waals surface area contributed by atoms with Crippen LogP contribution in [0.5, 0.6) is 5.75 Å². The van der Waals surface area contributed by atoms with E-state index in [0.29, 0.717) is 41.2 Å². The Balaban J connectivity index is 1.80. The molecule has 3 aromatic carbocycles. The summed E-state index contributed by atoms with van der Waals surface area (Å²) < 4.78 is 23.4. The Morgan fingerprint density at radius 3 is 2.56 bits per heavy atom. The van der Waals surface area contributed by atoms with Gasteiger partial charge in [-0.1, -0.05) is 63.5 Å². The average Bonchev–Trinajstić information content (AvgIpc) is 3.41. The highest BCUT2D eigenvalue weighted by atomic mass is 79.9. The molecule has 12 nitrogen and oxygen atoms in total. The molecule has 0 radical (unpaired) electrons. The molecule has 4 rings (SSSR count). The Labute approximate surface area is 257 Å². The summed E-state index contributed by atoms with van der Waals surface area (Å²) in [4.78, 5) is 22.2. The quantitative estimate of drug-likeness (QED) is 0.0526. The normalized spacial score (nSPS) is 17.6. The predicted octanol–water partition coefficient (Wildman–Crippen LogP) is 4.89. The number of hydrazine groups is 1. The maximum absolute atomic E-state index is 14.3. The Morgan fingerprint density at radius 1 is 1.14 bits per heavy atom. The van der Waals surface area contributed by atoms with E-state index in [-0.39, 0.29) is 25.5 Å². The van der Waals surface area contributed by atoms with Crippen LogP contribution in [-0.2, 0) is 25.4 Å². The van der Waals surface area contributed by atoms with E-state index in [2.05, 4.69) is 36.8 Å². The zero-order valence-corrected chi connectivity index (χ0v) is 25.4. The molecule has 0 saturated carbocycles. The first-order chi connectivity index (χ1) is 20.9. The van der Waals surface area contributed by atoms with Crippen LogP contribution in [0.2, 0.25) is 0 Å². The van der Waals surface area contributed by atoms with Gasteiger partial charge in [0.2, 0.25) is 5.90 Å². The van der Waals surface area contributed by atoms with E-state index >= 15 is 0 Å². The third-order valence-corrected chi connectivity index (χ3v) is 7.54. The van der Waals surface area contributed by atoms with Gasteiger partial charge in [0.15, 0.2) is 17.9 Å². The highest BCUT2D eigenvalue weighted by Crippen LogP contribution is 2.45. The number of nitrogens with zero attached hydrogens (tertiary/aromatic N) is 4. The third-order valence-electron chi connectivity index (χ3n) is 6.82. The van der Waals surface area contributed by atoms with Crippen molar-refractivity contribution in [1.82, 2.24) is 10.9 Å². The molecule has 3 aromatic rings. The maximum Gasteiger partial charge on any atom is 0.266 e. The summed E-state index contributed by atoms with van der Waals surface area (Å²) in [5.41, 5.74) is 15.6. The van der Waals surface area contributed by atoms with Crippen LogP contribution in [0.15, 0.2) is 87.4 Å². The zero-order valence-electron chi connectivity index (χ0n) is 23.8. The van der Waals surface area contributed by atoms with Gasteiger partial charge in [-0.15, -0.1) is 0 Å². The molecule has 1 amide bonds. The van der Waals surface area contributed by atoms with Crippen molar-refractivity contribution in [3.05, 3.63) is 104 Å². The standard InChI is InChI=1S/C30H33BrN6O6/c1-40-26(41-2)19-33-36-29(39)30(18-21-8-3-6-11-25(21)35-37-32)27(23-9-4-5-10-24(23)31)43-28(34-30)20-12-14-22(15-13-20)42-17-7-16-38/h3-6,8-15,26-27,33,38H,7,16-19H2,1-2H3,(H,36,39)/t27-,30-/m0/s1. The average molecular weight is 654 g/mol. The van der Waals surface area contributed by atoms with Crippen molar-refractivity contribution in [3.8, 4) is 5.75 Å². The van der Waals surface area contributed by atoms with Crippen molar-refractivity contribution in [2.45, 2.75) is 30.8 Å². The topological polar surface area (TPSA) is 159 Å². The van der Waals surface area contributed by atoms with Crippen molar-refractivity contribution < 1.29 is 28.8 Å². The number of azide groups is 1. The molecular formula is C30H33BrN6O6. The Hall–Kier alpha value is -3.97.